The summed E-state index contributed by atoms with van der Waals surface area (Å²) in [6, 6.07) is 0. The molecule has 1 aromatic rings. The predicted molar refractivity (Wildman–Crippen MR) is 49.3 cm³/mol. The van der Waals surface area contributed by atoms with Crippen LogP contribution in [0.2, 0.25) is 0 Å². The number of hydrogen-bond donors (Lipinski definition) is 0. The molecule has 1 aliphatic heterocycles. The number of aromatic nitrogens is 2. The average Bonchev–Trinajstić information content (AvgIpc) is 2.75. The summed E-state index contributed by atoms with van der Waals surface area (Å²) in [5.74, 6) is 0. The van der Waals surface area contributed by atoms with Crippen LogP contribution in [0, 0.1) is 0 Å². The fourth-order valence-corrected chi connectivity index (χ4v) is 2.03. The van der Waals surface area contributed by atoms with Crippen molar-refractivity contribution in [1.29, 1.82) is 0 Å². The number of hydrogen-bond acceptors (Lipinski definition) is 6. The number of thioether (sulfide) groups is 1. The van der Waals surface area contributed by atoms with Gasteiger partial charge in [0.15, 0.2) is 4.34 Å². The van der Waals surface area contributed by atoms with Crippen LogP contribution in [0.5, 0.6) is 0 Å². The van der Waals surface area contributed by atoms with Crippen LogP contribution >= 0.6 is 23.1 Å². The van der Waals surface area contributed by atoms with Gasteiger partial charge in [-0.1, -0.05) is 23.1 Å². The molecule has 0 aromatic carbocycles. The fourth-order valence-electron chi connectivity index (χ4n) is 0.807. The van der Waals surface area contributed by atoms with Gasteiger partial charge in [0.2, 0.25) is 5.13 Å². The van der Waals surface area contributed by atoms with E-state index in [0.29, 0.717) is 0 Å². The lowest BCUT2D eigenvalue weighted by atomic mass is 10.6. The zero-order valence-corrected chi connectivity index (χ0v) is 8.06. The van der Waals surface area contributed by atoms with Crippen LogP contribution in [0.3, 0.4) is 0 Å². The van der Waals surface area contributed by atoms with Crippen LogP contribution < -0.4 is 5.06 Å². The topological polar surface area (TPSA) is 38.2 Å². The van der Waals surface area contributed by atoms with Gasteiger partial charge in [-0.2, -0.15) is 5.06 Å². The highest BCUT2D eigenvalue weighted by Gasteiger charge is 2.14. The Morgan fingerprint density at radius 2 is 2.58 bits per heavy atom. The van der Waals surface area contributed by atoms with Crippen molar-refractivity contribution in [2.75, 3.05) is 17.9 Å². The van der Waals surface area contributed by atoms with Gasteiger partial charge in [-0.15, -0.1) is 10.2 Å². The Labute approximate surface area is 78.2 Å². The van der Waals surface area contributed by atoms with Crippen LogP contribution in [-0.4, -0.2) is 23.0 Å². The molecule has 4 nitrogen and oxygen atoms in total. The second kappa shape index (κ2) is 3.32. The Kier molecular flexibility index (Phi) is 2.18. The lowest BCUT2D eigenvalue weighted by molar-refractivity contribution is 0.246. The van der Waals surface area contributed by atoms with E-state index in [9.17, 15) is 0 Å². The number of nitrogens with zero attached hydrogens (tertiary/aromatic N) is 3. The van der Waals surface area contributed by atoms with Gasteiger partial charge >= 0.3 is 0 Å². The highest BCUT2D eigenvalue weighted by Crippen LogP contribution is 2.27. The summed E-state index contributed by atoms with van der Waals surface area (Å²) < 4.78 is 0.959. The van der Waals surface area contributed by atoms with Crippen molar-refractivity contribution in [1.82, 2.24) is 10.2 Å². The highest BCUT2D eigenvalue weighted by atomic mass is 32.2. The summed E-state index contributed by atoms with van der Waals surface area (Å²) >= 11 is 3.12. The molecule has 0 fully saturated rings. The molecule has 2 heterocycles. The van der Waals surface area contributed by atoms with Gasteiger partial charge < -0.3 is 4.84 Å². The first-order valence-corrected chi connectivity index (χ1v) is 5.41. The van der Waals surface area contributed by atoms with Gasteiger partial charge in [-0.3, -0.25) is 0 Å². The molecular weight excluding hydrogens is 194 g/mol. The van der Waals surface area contributed by atoms with E-state index in [0.717, 1.165) is 16.0 Å². The van der Waals surface area contributed by atoms with Crippen molar-refractivity contribution in [2.45, 2.75) is 4.34 Å². The first-order chi connectivity index (χ1) is 5.90. The standard InChI is InChI=1S/C6H7N3OS2/c1-11-6-8-7-5(12-6)9-3-2-4-10-9/h2,4H,3H2,1H3. The molecule has 0 saturated heterocycles. The summed E-state index contributed by atoms with van der Waals surface area (Å²) in [5, 5.41) is 10.5. The van der Waals surface area contributed by atoms with Gasteiger partial charge in [-0.25, -0.2) is 0 Å². The largest absolute Gasteiger partial charge is 0.385 e. The zero-order valence-electron chi connectivity index (χ0n) is 6.43. The minimum atomic E-state index is 0.753. The lowest BCUT2D eigenvalue weighted by Crippen LogP contribution is -2.15. The Hall–Kier alpha value is -0.750. The first kappa shape index (κ1) is 7.88. The van der Waals surface area contributed by atoms with Crippen LogP contribution in [0.15, 0.2) is 16.7 Å². The maximum absolute atomic E-state index is 5.15. The number of anilines is 1. The van der Waals surface area contributed by atoms with Crippen LogP contribution in [0.25, 0.3) is 0 Å². The Morgan fingerprint density at radius 1 is 1.67 bits per heavy atom. The van der Waals surface area contributed by atoms with E-state index < -0.39 is 0 Å². The van der Waals surface area contributed by atoms with Gasteiger partial charge in [0, 0.05) is 0 Å². The van der Waals surface area contributed by atoms with Crippen molar-refractivity contribution in [3.8, 4) is 0 Å². The van der Waals surface area contributed by atoms with E-state index in [-0.39, 0.29) is 0 Å². The first-order valence-electron chi connectivity index (χ1n) is 3.37. The molecular formula is C6H7N3OS2. The Morgan fingerprint density at radius 3 is 3.17 bits per heavy atom. The minimum absolute atomic E-state index is 0.753. The Bertz CT molecular complexity index is 291. The summed E-state index contributed by atoms with van der Waals surface area (Å²) in [5.41, 5.74) is 0. The van der Waals surface area contributed by atoms with E-state index >= 15 is 0 Å². The van der Waals surface area contributed by atoms with Gasteiger partial charge in [0.05, 0.1) is 6.54 Å². The van der Waals surface area contributed by atoms with Crippen LogP contribution in [0.1, 0.15) is 0 Å². The maximum atomic E-state index is 5.15. The molecule has 1 aliphatic rings. The summed E-state index contributed by atoms with van der Waals surface area (Å²) in [6.07, 6.45) is 5.56. The maximum Gasteiger partial charge on any atom is 0.242 e. The smallest absolute Gasteiger partial charge is 0.242 e. The molecule has 0 aliphatic carbocycles. The van der Waals surface area contributed by atoms with E-state index in [4.69, 9.17) is 4.84 Å². The van der Waals surface area contributed by atoms with Gasteiger partial charge in [0.1, 0.15) is 6.26 Å². The van der Waals surface area contributed by atoms with Gasteiger partial charge in [0.25, 0.3) is 0 Å². The molecule has 0 unspecified atom stereocenters. The summed E-state index contributed by atoms with van der Waals surface area (Å²) in [4.78, 5) is 5.15. The van der Waals surface area contributed by atoms with E-state index in [1.165, 1.54) is 11.3 Å². The van der Waals surface area contributed by atoms with Crippen molar-refractivity contribution < 1.29 is 4.84 Å². The van der Waals surface area contributed by atoms with Crippen LogP contribution in [-0.2, 0) is 4.84 Å². The van der Waals surface area contributed by atoms with Crippen molar-refractivity contribution in [2.24, 2.45) is 0 Å². The molecule has 0 amide bonds. The molecule has 0 bridgehead atoms. The zero-order chi connectivity index (χ0) is 8.39. The van der Waals surface area contributed by atoms with E-state index in [2.05, 4.69) is 10.2 Å². The second-order valence-corrected chi connectivity index (χ2v) is 4.10. The fraction of sp³-hybridized carbons (Fsp3) is 0.333. The molecule has 1 aromatic heterocycles. The molecule has 0 saturated carbocycles. The SMILES string of the molecule is CSc1nnc(N2CC=CO2)s1. The van der Waals surface area contributed by atoms with Gasteiger partial charge in [-0.05, 0) is 12.3 Å². The third-order valence-corrected chi connectivity index (χ3v) is 3.24. The third kappa shape index (κ3) is 1.39. The lowest BCUT2D eigenvalue weighted by Gasteiger charge is -2.10. The molecule has 0 N–H and O–H groups in total. The van der Waals surface area contributed by atoms with Crippen molar-refractivity contribution in [3.05, 3.63) is 12.3 Å². The molecule has 6 heteroatoms. The van der Waals surface area contributed by atoms with E-state index in [1.54, 1.807) is 23.1 Å². The minimum Gasteiger partial charge on any atom is -0.385 e. The molecule has 0 spiro atoms. The third-order valence-electron chi connectivity index (χ3n) is 1.34. The number of rotatable bonds is 2. The van der Waals surface area contributed by atoms with E-state index in [1.807, 2.05) is 12.3 Å². The monoisotopic (exact) mass is 201 g/mol. The molecule has 0 atom stereocenters. The quantitative estimate of drug-likeness (QED) is 0.678. The average molecular weight is 201 g/mol. The van der Waals surface area contributed by atoms with Crippen LogP contribution in [0.4, 0.5) is 5.13 Å². The molecule has 64 valence electrons. The highest BCUT2D eigenvalue weighted by molar-refractivity contribution is 8.00. The molecule has 2 rings (SSSR count). The van der Waals surface area contributed by atoms with Crippen molar-refractivity contribution in [3.63, 3.8) is 0 Å². The predicted octanol–water partition coefficient (Wildman–Crippen LogP) is 1.53. The normalized spacial score (nSPS) is 15.2. The summed E-state index contributed by atoms with van der Waals surface area (Å²) in [6.45, 7) is 0.753. The summed E-state index contributed by atoms with van der Waals surface area (Å²) in [7, 11) is 0. The second-order valence-electron chi connectivity index (χ2n) is 2.09. The molecule has 12 heavy (non-hydrogen) atoms. The number of hydroxylamine groups is 1. The Balaban J connectivity index is 2.12. The van der Waals surface area contributed by atoms with Crippen molar-refractivity contribution >= 4 is 28.2 Å². The molecule has 0 radical (unpaired) electrons.